The second kappa shape index (κ2) is 7.35. The van der Waals surface area contributed by atoms with Crippen LogP contribution in [0.3, 0.4) is 0 Å². The van der Waals surface area contributed by atoms with Gasteiger partial charge in [-0.05, 0) is 91.1 Å². The van der Waals surface area contributed by atoms with Crippen LogP contribution in [0.2, 0.25) is 0 Å². The van der Waals surface area contributed by atoms with Crippen molar-refractivity contribution in [2.24, 2.45) is 5.41 Å². The molecule has 1 spiro atoms. The number of nitrogens with one attached hydrogen (secondary N) is 1. The predicted octanol–water partition coefficient (Wildman–Crippen LogP) is 5.70. The summed E-state index contributed by atoms with van der Waals surface area (Å²) in [6.07, 6.45) is 5.88. The Bertz CT molecular complexity index is 1080. The second-order valence-electron chi connectivity index (χ2n) is 8.59. The van der Waals surface area contributed by atoms with E-state index in [2.05, 4.69) is 10.3 Å². The van der Waals surface area contributed by atoms with Gasteiger partial charge in [-0.15, -0.1) is 0 Å². The highest BCUT2D eigenvalue weighted by atomic mass is 19.1. The van der Waals surface area contributed by atoms with Crippen LogP contribution < -0.4 is 5.32 Å². The Kier molecular flexibility index (Phi) is 4.65. The molecule has 2 aliphatic rings. The Morgan fingerprint density at radius 3 is 2.43 bits per heavy atom. The third-order valence-electron chi connectivity index (χ3n) is 6.74. The number of hydrogen-bond donors (Lipinski definition) is 1. The molecule has 154 valence electrons. The summed E-state index contributed by atoms with van der Waals surface area (Å²) in [7, 11) is 0. The van der Waals surface area contributed by atoms with Gasteiger partial charge >= 0.3 is 6.03 Å². The number of hydrogen-bond acceptors (Lipinski definition) is 2. The van der Waals surface area contributed by atoms with Gasteiger partial charge in [0.15, 0.2) is 0 Å². The van der Waals surface area contributed by atoms with Crippen molar-refractivity contribution in [3.8, 4) is 0 Å². The zero-order valence-corrected chi connectivity index (χ0v) is 16.6. The monoisotopic (exact) mass is 407 g/mol. The minimum atomic E-state index is -0.322. The van der Waals surface area contributed by atoms with Gasteiger partial charge in [0, 0.05) is 30.4 Å². The Labute approximate surface area is 173 Å². The van der Waals surface area contributed by atoms with E-state index in [-0.39, 0.29) is 23.1 Å². The molecule has 1 saturated carbocycles. The Balaban J connectivity index is 1.21. The Hall–Kier alpha value is -3.02. The fourth-order valence-corrected chi connectivity index (χ4v) is 5.03. The van der Waals surface area contributed by atoms with Gasteiger partial charge in [-0.3, -0.25) is 4.98 Å². The minimum Gasteiger partial charge on any atom is -0.324 e. The standard InChI is InChI=1S/C24H23F2N3O/c25-17-1-4-19(5-2-17)28-23(30)29-11-8-24(9-12-29)14-16(15-24)20-7-10-27-22-6-3-18(26)13-21(20)22/h1-7,10,13,16H,8-9,11-12,14-15H2,(H,28,30). The normalized spacial score (nSPS) is 18.4. The van der Waals surface area contributed by atoms with Crippen LogP contribution >= 0.6 is 0 Å². The molecule has 1 aliphatic carbocycles. The van der Waals surface area contributed by atoms with Gasteiger partial charge < -0.3 is 10.2 Å². The molecule has 1 aromatic heterocycles. The lowest BCUT2D eigenvalue weighted by Crippen LogP contribution is -2.49. The number of pyridine rings is 1. The van der Waals surface area contributed by atoms with Crippen molar-refractivity contribution in [1.82, 2.24) is 9.88 Å². The number of carbonyl (C=O) groups excluding carboxylic acids is 1. The first kappa shape index (κ1) is 19.0. The fraction of sp³-hybridized carbons (Fsp3) is 0.333. The number of nitrogens with zero attached hydrogens (tertiary/aromatic N) is 2. The first-order valence-corrected chi connectivity index (χ1v) is 10.4. The summed E-state index contributed by atoms with van der Waals surface area (Å²) in [5, 5.41) is 3.75. The SMILES string of the molecule is O=C(Nc1ccc(F)cc1)N1CCC2(CC1)CC(c1ccnc3ccc(F)cc13)C2. The van der Waals surface area contributed by atoms with Gasteiger partial charge in [-0.2, -0.15) is 0 Å². The van der Waals surface area contributed by atoms with Crippen LogP contribution in [-0.4, -0.2) is 29.0 Å². The first-order valence-electron chi connectivity index (χ1n) is 10.4. The van der Waals surface area contributed by atoms with E-state index in [9.17, 15) is 13.6 Å². The lowest BCUT2D eigenvalue weighted by Gasteiger charge is -2.52. The highest BCUT2D eigenvalue weighted by Crippen LogP contribution is 2.57. The lowest BCUT2D eigenvalue weighted by molar-refractivity contribution is 0.0295. The number of anilines is 1. The van der Waals surface area contributed by atoms with E-state index < -0.39 is 0 Å². The Morgan fingerprint density at radius 1 is 1.00 bits per heavy atom. The predicted molar refractivity (Wildman–Crippen MR) is 112 cm³/mol. The third kappa shape index (κ3) is 3.51. The quantitative estimate of drug-likeness (QED) is 0.592. The smallest absolute Gasteiger partial charge is 0.321 e. The summed E-state index contributed by atoms with van der Waals surface area (Å²) in [6, 6.07) is 12.5. The van der Waals surface area contributed by atoms with Crippen molar-refractivity contribution in [1.29, 1.82) is 0 Å². The molecule has 1 aliphatic heterocycles. The summed E-state index contributed by atoms with van der Waals surface area (Å²) in [4.78, 5) is 18.7. The molecule has 1 N–H and O–H groups in total. The van der Waals surface area contributed by atoms with Gasteiger partial charge in [0.25, 0.3) is 0 Å². The van der Waals surface area contributed by atoms with Crippen molar-refractivity contribution < 1.29 is 13.6 Å². The second-order valence-corrected chi connectivity index (χ2v) is 8.59. The highest BCUT2D eigenvalue weighted by Gasteiger charge is 2.47. The fourth-order valence-electron chi connectivity index (χ4n) is 5.03. The molecule has 2 amide bonds. The molecular weight excluding hydrogens is 384 g/mol. The van der Waals surface area contributed by atoms with E-state index in [1.54, 1.807) is 24.3 Å². The van der Waals surface area contributed by atoms with E-state index in [4.69, 9.17) is 0 Å². The van der Waals surface area contributed by atoms with Gasteiger partial charge in [-0.1, -0.05) is 0 Å². The number of aromatic nitrogens is 1. The molecule has 1 saturated heterocycles. The minimum absolute atomic E-state index is 0.136. The van der Waals surface area contributed by atoms with Gasteiger partial charge in [0.2, 0.25) is 0 Å². The van der Waals surface area contributed by atoms with Gasteiger partial charge in [0.1, 0.15) is 11.6 Å². The third-order valence-corrected chi connectivity index (χ3v) is 6.74. The number of urea groups is 1. The van der Waals surface area contributed by atoms with E-state index in [0.29, 0.717) is 24.7 Å². The number of fused-ring (bicyclic) bond motifs is 1. The lowest BCUT2D eigenvalue weighted by atomic mass is 9.56. The van der Waals surface area contributed by atoms with E-state index in [1.165, 1.54) is 23.8 Å². The van der Waals surface area contributed by atoms with Crippen LogP contribution in [0.4, 0.5) is 19.3 Å². The first-order chi connectivity index (χ1) is 14.5. The molecule has 3 aromatic rings. The maximum absolute atomic E-state index is 13.8. The number of benzene rings is 2. The van der Waals surface area contributed by atoms with Crippen LogP contribution in [0.1, 0.15) is 37.2 Å². The van der Waals surface area contributed by atoms with Crippen LogP contribution in [0, 0.1) is 17.0 Å². The molecule has 0 atom stereocenters. The van der Waals surface area contributed by atoms with Crippen molar-refractivity contribution in [3.05, 3.63) is 71.9 Å². The summed E-state index contributed by atoms with van der Waals surface area (Å²) in [6.45, 7) is 1.43. The molecular formula is C24H23F2N3O. The topological polar surface area (TPSA) is 45.2 Å². The molecule has 5 rings (SSSR count). The average Bonchev–Trinajstić information content (AvgIpc) is 2.73. The molecule has 2 heterocycles. The maximum Gasteiger partial charge on any atom is 0.321 e. The van der Waals surface area contributed by atoms with Crippen molar-refractivity contribution in [3.63, 3.8) is 0 Å². The van der Waals surface area contributed by atoms with Crippen molar-refractivity contribution >= 4 is 22.6 Å². The summed E-state index contributed by atoms with van der Waals surface area (Å²) in [5.74, 6) is -0.139. The van der Waals surface area contributed by atoms with Crippen LogP contribution in [-0.2, 0) is 0 Å². The number of amides is 2. The van der Waals surface area contributed by atoms with Crippen LogP contribution in [0.5, 0.6) is 0 Å². The number of likely N-dealkylation sites (tertiary alicyclic amines) is 1. The van der Waals surface area contributed by atoms with E-state index >= 15 is 0 Å². The molecule has 6 heteroatoms. The number of piperidine rings is 1. The highest BCUT2D eigenvalue weighted by molar-refractivity contribution is 5.89. The molecule has 0 bridgehead atoms. The number of rotatable bonds is 2. The Morgan fingerprint density at radius 2 is 1.70 bits per heavy atom. The van der Waals surface area contributed by atoms with Crippen molar-refractivity contribution in [2.45, 2.75) is 31.6 Å². The average molecular weight is 407 g/mol. The molecule has 4 nitrogen and oxygen atoms in total. The summed E-state index contributed by atoms with van der Waals surface area (Å²) < 4.78 is 26.8. The van der Waals surface area contributed by atoms with E-state index in [0.717, 1.165) is 36.6 Å². The molecule has 0 radical (unpaired) electrons. The summed E-state index contributed by atoms with van der Waals surface area (Å²) in [5.41, 5.74) is 2.88. The van der Waals surface area contributed by atoms with Crippen molar-refractivity contribution in [2.75, 3.05) is 18.4 Å². The number of carbonyl (C=O) groups is 1. The summed E-state index contributed by atoms with van der Waals surface area (Å²) >= 11 is 0. The van der Waals surface area contributed by atoms with E-state index in [1.807, 2.05) is 17.2 Å². The van der Waals surface area contributed by atoms with Gasteiger partial charge in [0.05, 0.1) is 5.52 Å². The molecule has 2 aromatic carbocycles. The zero-order valence-electron chi connectivity index (χ0n) is 16.6. The molecule has 30 heavy (non-hydrogen) atoms. The van der Waals surface area contributed by atoms with Crippen LogP contribution in [0.25, 0.3) is 10.9 Å². The molecule has 2 fully saturated rings. The number of halogens is 2. The molecule has 0 unspecified atom stereocenters. The van der Waals surface area contributed by atoms with Crippen LogP contribution in [0.15, 0.2) is 54.7 Å². The zero-order chi connectivity index (χ0) is 20.7. The van der Waals surface area contributed by atoms with Gasteiger partial charge in [-0.25, -0.2) is 13.6 Å². The largest absolute Gasteiger partial charge is 0.324 e. The maximum atomic E-state index is 13.8.